The maximum Gasteiger partial charge on any atom is 0.348 e. The molecular weight excluding hydrogens is 407 g/mol. The van der Waals surface area contributed by atoms with Gasteiger partial charge in [0.05, 0.1) is 27.9 Å². The lowest BCUT2D eigenvalue weighted by molar-refractivity contribution is 0.0526. The molecule has 3 aromatic rings. The number of carbonyl (C=O) groups excluding carboxylic acids is 1. The Labute approximate surface area is 171 Å². The van der Waals surface area contributed by atoms with Crippen LogP contribution in [-0.4, -0.2) is 30.7 Å². The van der Waals surface area contributed by atoms with Gasteiger partial charge < -0.3 is 14.8 Å². The SMILES string of the molecule is CCOCc1cnc2c(Cl)c(Cl)ccc2c1NCCOC(=O)c1cccs1. The zero-order valence-corrected chi connectivity index (χ0v) is 17.0. The number of nitrogens with one attached hydrogen (secondary N) is 1. The van der Waals surface area contributed by atoms with Crippen molar-refractivity contribution in [1.82, 2.24) is 4.98 Å². The molecule has 0 radical (unpaired) electrons. The Kier molecular flexibility index (Phi) is 6.90. The smallest absolute Gasteiger partial charge is 0.348 e. The lowest BCUT2D eigenvalue weighted by Crippen LogP contribution is -2.15. The Balaban J connectivity index is 1.76. The Morgan fingerprint density at radius 3 is 2.89 bits per heavy atom. The normalized spacial score (nSPS) is 10.9. The zero-order chi connectivity index (χ0) is 19.2. The highest BCUT2D eigenvalue weighted by Crippen LogP contribution is 2.34. The van der Waals surface area contributed by atoms with Gasteiger partial charge in [-0.1, -0.05) is 29.3 Å². The Morgan fingerprint density at radius 1 is 1.30 bits per heavy atom. The summed E-state index contributed by atoms with van der Waals surface area (Å²) < 4.78 is 10.8. The molecule has 1 N–H and O–H groups in total. The molecule has 0 aliphatic heterocycles. The number of pyridine rings is 1. The number of esters is 1. The van der Waals surface area contributed by atoms with E-state index < -0.39 is 0 Å². The van der Waals surface area contributed by atoms with Crippen molar-refractivity contribution in [3.8, 4) is 0 Å². The van der Waals surface area contributed by atoms with Gasteiger partial charge in [-0.25, -0.2) is 4.79 Å². The largest absolute Gasteiger partial charge is 0.460 e. The van der Waals surface area contributed by atoms with Crippen molar-refractivity contribution in [1.29, 1.82) is 0 Å². The Bertz CT molecular complexity index is 932. The van der Waals surface area contributed by atoms with Gasteiger partial charge in [-0.2, -0.15) is 0 Å². The summed E-state index contributed by atoms with van der Waals surface area (Å²) in [7, 11) is 0. The molecule has 0 unspecified atom stereocenters. The van der Waals surface area contributed by atoms with Crippen molar-refractivity contribution >= 4 is 57.1 Å². The molecule has 0 saturated heterocycles. The number of hydrogen-bond donors (Lipinski definition) is 1. The molecule has 0 aliphatic rings. The average Bonchev–Trinajstić information content (AvgIpc) is 3.21. The van der Waals surface area contributed by atoms with E-state index in [-0.39, 0.29) is 12.6 Å². The second-order valence-electron chi connectivity index (χ2n) is 5.59. The Morgan fingerprint density at radius 2 is 2.15 bits per heavy atom. The van der Waals surface area contributed by atoms with Crippen LogP contribution in [0.2, 0.25) is 10.0 Å². The number of aromatic nitrogens is 1. The number of hydrogen-bond acceptors (Lipinski definition) is 6. The first-order chi connectivity index (χ1) is 13.1. The predicted molar refractivity (Wildman–Crippen MR) is 110 cm³/mol. The van der Waals surface area contributed by atoms with E-state index in [0.717, 1.165) is 16.6 Å². The summed E-state index contributed by atoms with van der Waals surface area (Å²) in [5.74, 6) is -0.323. The van der Waals surface area contributed by atoms with Crippen LogP contribution in [0.1, 0.15) is 22.2 Å². The molecule has 2 aromatic heterocycles. The maximum absolute atomic E-state index is 11.9. The van der Waals surface area contributed by atoms with E-state index in [1.807, 2.05) is 24.4 Å². The molecule has 0 spiro atoms. The maximum atomic E-state index is 11.9. The minimum atomic E-state index is -0.323. The predicted octanol–water partition coefficient (Wildman–Crippen LogP) is 5.41. The lowest BCUT2D eigenvalue weighted by atomic mass is 10.1. The standard InChI is InChI=1S/C19H18Cl2N2O3S/c1-2-25-11-12-10-23-18-13(5-6-14(20)16(18)21)17(12)22-7-8-26-19(24)15-4-3-9-27-15/h3-6,9-10H,2,7-8,11H2,1H3,(H,22,23). The highest BCUT2D eigenvalue weighted by molar-refractivity contribution is 7.11. The molecule has 142 valence electrons. The van der Waals surface area contributed by atoms with Crippen LogP contribution in [0.5, 0.6) is 0 Å². The molecule has 27 heavy (non-hydrogen) atoms. The molecule has 0 amide bonds. The van der Waals surface area contributed by atoms with Crippen molar-refractivity contribution in [3.63, 3.8) is 0 Å². The summed E-state index contributed by atoms with van der Waals surface area (Å²) >= 11 is 13.7. The van der Waals surface area contributed by atoms with E-state index in [9.17, 15) is 4.79 Å². The average molecular weight is 425 g/mol. The summed E-state index contributed by atoms with van der Waals surface area (Å²) in [6.45, 7) is 3.61. The van der Waals surface area contributed by atoms with Crippen molar-refractivity contribution in [2.75, 3.05) is 25.1 Å². The first-order valence-corrected chi connectivity index (χ1v) is 10.0. The number of benzene rings is 1. The molecule has 5 nitrogen and oxygen atoms in total. The number of carbonyl (C=O) groups is 1. The molecule has 1 aromatic carbocycles. The van der Waals surface area contributed by atoms with Crippen LogP contribution in [0.15, 0.2) is 35.8 Å². The molecular formula is C19H18Cl2N2O3S. The third-order valence-electron chi connectivity index (χ3n) is 3.83. The number of fused-ring (bicyclic) bond motifs is 1. The van der Waals surface area contributed by atoms with Gasteiger partial charge in [0.1, 0.15) is 11.5 Å². The fourth-order valence-corrected chi connectivity index (χ4v) is 3.55. The topological polar surface area (TPSA) is 60.4 Å². The molecule has 3 rings (SSSR count). The molecule has 0 bridgehead atoms. The third-order valence-corrected chi connectivity index (χ3v) is 5.47. The summed E-state index contributed by atoms with van der Waals surface area (Å²) in [5, 5.41) is 6.85. The van der Waals surface area contributed by atoms with E-state index in [2.05, 4.69) is 10.3 Å². The first-order valence-electron chi connectivity index (χ1n) is 8.39. The van der Waals surface area contributed by atoms with Gasteiger partial charge in [0.25, 0.3) is 0 Å². The van der Waals surface area contributed by atoms with Gasteiger partial charge in [-0.05, 0) is 30.5 Å². The zero-order valence-electron chi connectivity index (χ0n) is 14.6. The van der Waals surface area contributed by atoms with E-state index >= 15 is 0 Å². The number of nitrogens with zero attached hydrogens (tertiary/aromatic N) is 1. The van der Waals surface area contributed by atoms with E-state index in [1.54, 1.807) is 18.3 Å². The van der Waals surface area contributed by atoms with Gasteiger partial charge in [0, 0.05) is 30.3 Å². The number of rotatable bonds is 8. The van der Waals surface area contributed by atoms with Gasteiger partial charge in [-0.15, -0.1) is 11.3 Å². The minimum absolute atomic E-state index is 0.232. The van der Waals surface area contributed by atoms with E-state index in [1.165, 1.54) is 11.3 Å². The molecule has 0 fully saturated rings. The highest BCUT2D eigenvalue weighted by atomic mass is 35.5. The molecule has 0 aliphatic carbocycles. The Hall–Kier alpha value is -1.86. The summed E-state index contributed by atoms with van der Waals surface area (Å²) in [5.41, 5.74) is 2.36. The quantitative estimate of drug-likeness (QED) is 0.386. The summed E-state index contributed by atoms with van der Waals surface area (Å²) in [6.07, 6.45) is 1.72. The fourth-order valence-electron chi connectivity index (χ4n) is 2.56. The number of halogens is 2. The van der Waals surface area contributed by atoms with Gasteiger partial charge in [0.15, 0.2) is 0 Å². The first kappa shape index (κ1) is 19.9. The van der Waals surface area contributed by atoms with Crippen LogP contribution in [0.3, 0.4) is 0 Å². The number of thiophene rings is 1. The molecule has 8 heteroatoms. The summed E-state index contributed by atoms with van der Waals surface area (Å²) in [4.78, 5) is 16.9. The monoisotopic (exact) mass is 424 g/mol. The van der Waals surface area contributed by atoms with Gasteiger partial charge >= 0.3 is 5.97 Å². The minimum Gasteiger partial charge on any atom is -0.460 e. The van der Waals surface area contributed by atoms with Crippen molar-refractivity contribution in [3.05, 3.63) is 56.3 Å². The van der Waals surface area contributed by atoms with Crippen LogP contribution >= 0.6 is 34.5 Å². The van der Waals surface area contributed by atoms with Crippen LogP contribution in [0.4, 0.5) is 5.69 Å². The van der Waals surface area contributed by atoms with Crippen molar-refractivity contribution in [2.45, 2.75) is 13.5 Å². The fraction of sp³-hybridized carbons (Fsp3) is 0.263. The highest BCUT2D eigenvalue weighted by Gasteiger charge is 2.14. The second kappa shape index (κ2) is 9.37. The van der Waals surface area contributed by atoms with Gasteiger partial charge in [0.2, 0.25) is 0 Å². The molecule has 0 saturated carbocycles. The number of ether oxygens (including phenoxy) is 2. The van der Waals surface area contributed by atoms with Crippen molar-refractivity contribution in [2.24, 2.45) is 0 Å². The van der Waals surface area contributed by atoms with Gasteiger partial charge in [-0.3, -0.25) is 4.98 Å². The second-order valence-corrected chi connectivity index (χ2v) is 7.33. The van der Waals surface area contributed by atoms with Crippen LogP contribution < -0.4 is 5.32 Å². The molecule has 0 atom stereocenters. The van der Waals surface area contributed by atoms with Crippen LogP contribution in [0.25, 0.3) is 10.9 Å². The lowest BCUT2D eigenvalue weighted by Gasteiger charge is -2.15. The van der Waals surface area contributed by atoms with Crippen LogP contribution in [-0.2, 0) is 16.1 Å². The van der Waals surface area contributed by atoms with Crippen LogP contribution in [0, 0.1) is 0 Å². The summed E-state index contributed by atoms with van der Waals surface area (Å²) in [6, 6.07) is 7.16. The van der Waals surface area contributed by atoms with Crippen molar-refractivity contribution < 1.29 is 14.3 Å². The molecule has 2 heterocycles. The van der Waals surface area contributed by atoms with E-state index in [0.29, 0.717) is 40.2 Å². The third kappa shape index (κ3) is 4.71. The van der Waals surface area contributed by atoms with E-state index in [4.69, 9.17) is 32.7 Å². The number of anilines is 1.